The molecule has 2 rings (SSSR count). The predicted molar refractivity (Wildman–Crippen MR) is 72.0 cm³/mol. The van der Waals surface area contributed by atoms with Gasteiger partial charge in [-0.05, 0) is 26.0 Å². The largest absolute Gasteiger partial charge is 0.453 e. The third-order valence-corrected chi connectivity index (χ3v) is 3.43. The van der Waals surface area contributed by atoms with Gasteiger partial charge < -0.3 is 14.5 Å². The van der Waals surface area contributed by atoms with Gasteiger partial charge in [0.05, 0.1) is 7.11 Å². The normalized spacial score (nSPS) is 19.8. The maximum Gasteiger partial charge on any atom is 0.409 e. The van der Waals surface area contributed by atoms with E-state index in [-0.39, 0.29) is 6.09 Å². The first-order chi connectivity index (χ1) is 8.61. The molecule has 1 fully saturated rings. The van der Waals surface area contributed by atoms with Gasteiger partial charge in [0.25, 0.3) is 0 Å². The minimum Gasteiger partial charge on any atom is -0.453 e. The summed E-state index contributed by atoms with van der Waals surface area (Å²) in [6.45, 7) is 6.49. The lowest BCUT2D eigenvalue weighted by Gasteiger charge is -2.40. The van der Waals surface area contributed by atoms with Crippen molar-refractivity contribution in [1.82, 2.24) is 4.90 Å². The molecule has 0 aliphatic carbocycles. The van der Waals surface area contributed by atoms with Crippen LogP contribution in [-0.4, -0.2) is 43.8 Å². The van der Waals surface area contributed by atoms with Crippen LogP contribution in [0.25, 0.3) is 0 Å². The first kappa shape index (κ1) is 12.7. The van der Waals surface area contributed by atoms with Crippen molar-refractivity contribution in [2.24, 2.45) is 0 Å². The highest BCUT2D eigenvalue weighted by Gasteiger charge is 2.27. The monoisotopic (exact) mass is 248 g/mol. The van der Waals surface area contributed by atoms with Crippen LogP contribution in [0.5, 0.6) is 0 Å². The number of hydrogen-bond acceptors (Lipinski definition) is 3. The molecule has 1 saturated heterocycles. The topological polar surface area (TPSA) is 32.8 Å². The molecule has 4 nitrogen and oxygen atoms in total. The fraction of sp³-hybridized carbons (Fsp3) is 0.500. The van der Waals surface area contributed by atoms with Crippen LogP contribution in [0.15, 0.2) is 24.3 Å². The average molecular weight is 248 g/mol. The lowest BCUT2D eigenvalue weighted by Crippen LogP contribution is -2.53. The summed E-state index contributed by atoms with van der Waals surface area (Å²) in [6.07, 6.45) is -0.231. The predicted octanol–water partition coefficient (Wildman–Crippen LogP) is 2.27. The minimum absolute atomic E-state index is 0.231. The minimum atomic E-state index is -0.231. The van der Waals surface area contributed by atoms with Crippen molar-refractivity contribution in [2.45, 2.75) is 19.9 Å². The second-order valence-corrected chi connectivity index (χ2v) is 4.79. The first-order valence-electron chi connectivity index (χ1n) is 6.28. The Morgan fingerprint density at radius 2 is 1.94 bits per heavy atom. The molecule has 18 heavy (non-hydrogen) atoms. The number of carbonyl (C=O) groups excluding carboxylic acids is 1. The molecule has 1 aliphatic rings. The molecule has 0 N–H and O–H groups in total. The summed E-state index contributed by atoms with van der Waals surface area (Å²) >= 11 is 0. The molecule has 1 heterocycles. The van der Waals surface area contributed by atoms with Gasteiger partial charge in [0.1, 0.15) is 0 Å². The highest BCUT2D eigenvalue weighted by Crippen LogP contribution is 2.21. The van der Waals surface area contributed by atoms with Gasteiger partial charge >= 0.3 is 6.09 Å². The van der Waals surface area contributed by atoms with Gasteiger partial charge in [-0.1, -0.05) is 17.7 Å². The maximum absolute atomic E-state index is 11.5. The number of rotatable bonds is 1. The Morgan fingerprint density at radius 3 is 2.50 bits per heavy atom. The first-order valence-corrected chi connectivity index (χ1v) is 6.28. The number of carbonyl (C=O) groups is 1. The number of amides is 1. The number of ether oxygens (including phenoxy) is 1. The van der Waals surface area contributed by atoms with E-state index in [9.17, 15) is 4.79 Å². The summed E-state index contributed by atoms with van der Waals surface area (Å²) in [5.41, 5.74) is 2.48. The van der Waals surface area contributed by atoms with Crippen LogP contribution < -0.4 is 4.90 Å². The maximum atomic E-state index is 11.5. The van der Waals surface area contributed by atoms with E-state index in [1.54, 1.807) is 4.90 Å². The van der Waals surface area contributed by atoms with Gasteiger partial charge in [-0.3, -0.25) is 0 Å². The van der Waals surface area contributed by atoms with E-state index in [0.717, 1.165) is 6.54 Å². The molecule has 0 saturated carbocycles. The lowest BCUT2D eigenvalue weighted by atomic mass is 10.1. The number of anilines is 1. The van der Waals surface area contributed by atoms with Crippen LogP contribution in [0.4, 0.5) is 10.5 Å². The van der Waals surface area contributed by atoms with Crippen molar-refractivity contribution in [3.05, 3.63) is 29.8 Å². The zero-order valence-electron chi connectivity index (χ0n) is 11.2. The van der Waals surface area contributed by atoms with E-state index in [1.807, 2.05) is 0 Å². The lowest BCUT2D eigenvalue weighted by molar-refractivity contribution is 0.116. The van der Waals surface area contributed by atoms with E-state index >= 15 is 0 Å². The quantitative estimate of drug-likeness (QED) is 0.764. The smallest absolute Gasteiger partial charge is 0.409 e. The molecular formula is C14H20N2O2. The number of aryl methyl sites for hydroxylation is 1. The summed E-state index contributed by atoms with van der Waals surface area (Å²) in [4.78, 5) is 15.6. The molecule has 1 amide bonds. The van der Waals surface area contributed by atoms with Gasteiger partial charge in [0.2, 0.25) is 0 Å². The molecule has 0 unspecified atom stereocenters. The van der Waals surface area contributed by atoms with E-state index in [1.165, 1.54) is 18.4 Å². The highest BCUT2D eigenvalue weighted by molar-refractivity contribution is 5.68. The van der Waals surface area contributed by atoms with Crippen LogP contribution >= 0.6 is 0 Å². The molecule has 0 aromatic heterocycles. The van der Waals surface area contributed by atoms with E-state index in [0.29, 0.717) is 19.1 Å². The molecule has 1 aliphatic heterocycles. The summed E-state index contributed by atoms with van der Waals surface area (Å²) in [6, 6.07) is 8.82. The second kappa shape index (κ2) is 5.29. The zero-order chi connectivity index (χ0) is 13.1. The SMILES string of the molecule is COC(=O)N1CCN(c2ccc(C)cc2)[C@H](C)C1. The van der Waals surface area contributed by atoms with Crippen molar-refractivity contribution in [3.8, 4) is 0 Å². The van der Waals surface area contributed by atoms with Gasteiger partial charge in [-0.25, -0.2) is 4.79 Å². The van der Waals surface area contributed by atoms with Crippen LogP contribution in [0.3, 0.4) is 0 Å². The number of hydrogen-bond donors (Lipinski definition) is 0. The molecule has 0 spiro atoms. The number of nitrogens with zero attached hydrogens (tertiary/aromatic N) is 2. The zero-order valence-corrected chi connectivity index (χ0v) is 11.2. The van der Waals surface area contributed by atoms with Gasteiger partial charge in [-0.15, -0.1) is 0 Å². The van der Waals surface area contributed by atoms with E-state index < -0.39 is 0 Å². The van der Waals surface area contributed by atoms with Crippen molar-refractivity contribution in [3.63, 3.8) is 0 Å². The molecule has 4 heteroatoms. The molecule has 1 atom stereocenters. The van der Waals surface area contributed by atoms with Crippen molar-refractivity contribution in [1.29, 1.82) is 0 Å². The van der Waals surface area contributed by atoms with Gasteiger partial charge in [-0.2, -0.15) is 0 Å². The third-order valence-electron chi connectivity index (χ3n) is 3.43. The Balaban J connectivity index is 2.05. The van der Waals surface area contributed by atoms with E-state index in [2.05, 4.69) is 43.0 Å². The molecule has 1 aromatic rings. The Hall–Kier alpha value is -1.71. The van der Waals surface area contributed by atoms with Crippen molar-refractivity contribution < 1.29 is 9.53 Å². The Morgan fingerprint density at radius 1 is 1.28 bits per heavy atom. The van der Waals surface area contributed by atoms with Gasteiger partial charge in [0.15, 0.2) is 0 Å². The summed E-state index contributed by atoms with van der Waals surface area (Å²) < 4.78 is 4.76. The van der Waals surface area contributed by atoms with Crippen LogP contribution in [0.2, 0.25) is 0 Å². The Kier molecular flexibility index (Phi) is 3.75. The molecule has 0 radical (unpaired) electrons. The third kappa shape index (κ3) is 2.58. The molecule has 1 aromatic carbocycles. The van der Waals surface area contributed by atoms with Crippen LogP contribution in [0.1, 0.15) is 12.5 Å². The fourth-order valence-corrected chi connectivity index (χ4v) is 2.37. The number of piperazine rings is 1. The highest BCUT2D eigenvalue weighted by atomic mass is 16.5. The van der Waals surface area contributed by atoms with Crippen molar-refractivity contribution in [2.75, 3.05) is 31.6 Å². The summed E-state index contributed by atoms with van der Waals surface area (Å²) in [5.74, 6) is 0. The Labute approximate surface area is 108 Å². The number of benzene rings is 1. The Bertz CT molecular complexity index is 416. The second-order valence-electron chi connectivity index (χ2n) is 4.79. The fourth-order valence-electron chi connectivity index (χ4n) is 2.37. The summed E-state index contributed by atoms with van der Waals surface area (Å²) in [7, 11) is 1.43. The van der Waals surface area contributed by atoms with E-state index in [4.69, 9.17) is 4.74 Å². The molecule has 0 bridgehead atoms. The number of methoxy groups -OCH3 is 1. The standard InChI is InChI=1S/C14H20N2O2/c1-11-4-6-13(7-5-11)16-9-8-15(10-12(16)2)14(17)18-3/h4-7,12H,8-10H2,1-3H3/t12-/m1/s1. The van der Waals surface area contributed by atoms with Crippen LogP contribution in [0, 0.1) is 6.92 Å². The average Bonchev–Trinajstić information content (AvgIpc) is 2.39. The van der Waals surface area contributed by atoms with Gasteiger partial charge in [0, 0.05) is 31.4 Å². The van der Waals surface area contributed by atoms with Crippen LogP contribution in [-0.2, 0) is 4.74 Å². The summed E-state index contributed by atoms with van der Waals surface area (Å²) in [5, 5.41) is 0. The molecule has 98 valence electrons. The molecular weight excluding hydrogens is 228 g/mol. The van der Waals surface area contributed by atoms with Crippen molar-refractivity contribution >= 4 is 11.8 Å².